The molecule has 1 fully saturated rings. The first kappa shape index (κ1) is 28.2. The third-order valence-electron chi connectivity index (χ3n) is 4.75. The smallest absolute Gasteiger partial charge is 0.467 e. The Morgan fingerprint density at radius 1 is 1.37 bits per heavy atom. The Kier molecular flexibility index (Phi) is 9.50. The number of nitrogens with zero attached hydrogens (tertiary/aromatic N) is 2. The Morgan fingerprint density at radius 3 is 2.69 bits per heavy atom. The second kappa shape index (κ2) is 11.8. The van der Waals surface area contributed by atoms with Crippen LogP contribution in [-0.4, -0.2) is 63.3 Å². The van der Waals surface area contributed by atoms with Crippen molar-refractivity contribution in [2.45, 2.75) is 39.9 Å². The number of carbonyl (C=O) groups excluding carboxylic acids is 3. The Morgan fingerprint density at radius 2 is 2.09 bits per heavy atom. The van der Waals surface area contributed by atoms with E-state index < -0.39 is 34.7 Å². The lowest BCUT2D eigenvalue weighted by molar-refractivity contribution is -0.155. The Balaban J connectivity index is 1.62. The van der Waals surface area contributed by atoms with Gasteiger partial charge in [0.15, 0.2) is 12.1 Å². The summed E-state index contributed by atoms with van der Waals surface area (Å²) in [4.78, 5) is 43.5. The summed E-state index contributed by atoms with van der Waals surface area (Å²) in [6.45, 7) is 7.12. The molecule has 2 heterocycles. The molecular formula is C21H21Cl3N2O6S3. The monoisotopic (exact) mass is 598 g/mol. The normalized spacial score (nSPS) is 17.5. The van der Waals surface area contributed by atoms with Crippen LogP contribution >= 0.6 is 67.7 Å². The number of amides is 1. The third kappa shape index (κ3) is 7.11. The van der Waals surface area contributed by atoms with E-state index in [0.29, 0.717) is 17.1 Å². The van der Waals surface area contributed by atoms with Crippen LogP contribution < -0.4 is 0 Å². The topological polar surface area (TPSA) is 95.0 Å². The molecule has 1 unspecified atom stereocenters. The highest BCUT2D eigenvalue weighted by Crippen LogP contribution is 2.43. The average molecular weight is 600 g/mol. The van der Waals surface area contributed by atoms with Gasteiger partial charge in [-0.15, -0.1) is 11.3 Å². The summed E-state index contributed by atoms with van der Waals surface area (Å²) >= 11 is 18.1. The van der Waals surface area contributed by atoms with E-state index >= 15 is 0 Å². The second-order valence-electron chi connectivity index (χ2n) is 7.50. The maximum Gasteiger partial charge on any atom is 0.509 e. The number of benzene rings is 1. The number of β-lactam (4-membered cyclic amide) rings is 1. The molecule has 1 aromatic heterocycles. The van der Waals surface area contributed by atoms with Crippen molar-refractivity contribution in [2.24, 2.45) is 0 Å². The summed E-state index contributed by atoms with van der Waals surface area (Å²) in [6, 6.07) is 4.92. The van der Waals surface area contributed by atoms with Crippen LogP contribution in [0, 0.1) is 0 Å². The maximum absolute atomic E-state index is 12.7. The van der Waals surface area contributed by atoms with Crippen LogP contribution in [0.4, 0.5) is 4.79 Å². The van der Waals surface area contributed by atoms with Gasteiger partial charge in [-0.25, -0.2) is 14.6 Å². The number of aromatic nitrogens is 1. The zero-order chi connectivity index (χ0) is 25.9. The Labute approximate surface area is 229 Å². The lowest BCUT2D eigenvalue weighted by Crippen LogP contribution is -2.61. The molecule has 0 radical (unpaired) electrons. The zero-order valence-corrected chi connectivity index (χ0v) is 23.5. The van der Waals surface area contributed by atoms with Crippen molar-refractivity contribution < 1.29 is 28.6 Å². The van der Waals surface area contributed by atoms with Gasteiger partial charge in [-0.1, -0.05) is 69.0 Å². The number of esters is 1. The van der Waals surface area contributed by atoms with Crippen LogP contribution in [-0.2, 0) is 23.8 Å². The molecule has 0 spiro atoms. The first-order valence-corrected chi connectivity index (χ1v) is 14.2. The quantitative estimate of drug-likeness (QED) is 0.114. The second-order valence-corrected chi connectivity index (χ2v) is 13.5. The van der Waals surface area contributed by atoms with Crippen molar-refractivity contribution in [1.82, 2.24) is 9.88 Å². The van der Waals surface area contributed by atoms with Gasteiger partial charge in [-0.2, -0.15) is 0 Å². The molecule has 1 saturated heterocycles. The van der Waals surface area contributed by atoms with E-state index in [1.165, 1.54) is 44.9 Å². The van der Waals surface area contributed by atoms with Gasteiger partial charge in [0.2, 0.25) is 9.70 Å². The molecule has 1 aliphatic heterocycles. The molecule has 8 nitrogen and oxygen atoms in total. The van der Waals surface area contributed by atoms with Crippen LogP contribution in [0.5, 0.6) is 0 Å². The number of para-hydroxylation sites is 1. The van der Waals surface area contributed by atoms with Gasteiger partial charge >= 0.3 is 12.1 Å². The number of methoxy groups -OCH3 is 1. The van der Waals surface area contributed by atoms with Crippen LogP contribution in [0.15, 0.2) is 35.2 Å². The van der Waals surface area contributed by atoms with Crippen molar-refractivity contribution in [3.63, 3.8) is 0 Å². The van der Waals surface area contributed by atoms with E-state index in [2.05, 4.69) is 11.6 Å². The van der Waals surface area contributed by atoms with E-state index in [0.717, 1.165) is 15.1 Å². The molecule has 3 rings (SSSR count). The highest BCUT2D eigenvalue weighted by molar-refractivity contribution is 8.77. The molecule has 14 heteroatoms. The predicted molar refractivity (Wildman–Crippen MR) is 140 cm³/mol. The maximum atomic E-state index is 12.7. The summed E-state index contributed by atoms with van der Waals surface area (Å²) in [5.74, 6) is -0.656. The van der Waals surface area contributed by atoms with Crippen molar-refractivity contribution in [3.05, 3.63) is 35.4 Å². The number of thiazole rings is 1. The molecule has 0 aliphatic carbocycles. The summed E-state index contributed by atoms with van der Waals surface area (Å²) in [5, 5.41) is 0.256. The van der Waals surface area contributed by atoms with Gasteiger partial charge < -0.3 is 19.1 Å². The number of hydrogen-bond donors (Lipinski definition) is 0. The molecular weight excluding hydrogens is 579 g/mol. The standard InChI is InChI=1S/C21H21Cl3N2O6S3/c1-10(2)16(19(28)30-4)26-8-14(18(26)27)35-34-13-7-5-6-12-15(13)25-17(33-12)11(3)32-20(29)31-9-21(22,23)24/h5-7,11,14,16H,1,8-9H2,2-4H3/t11?,14-,16+/m0/s1. The van der Waals surface area contributed by atoms with E-state index in [-0.39, 0.29) is 11.2 Å². The molecule has 0 N–H and O–H groups in total. The van der Waals surface area contributed by atoms with Gasteiger partial charge in [0.1, 0.15) is 16.9 Å². The van der Waals surface area contributed by atoms with Crippen LogP contribution in [0.25, 0.3) is 10.2 Å². The summed E-state index contributed by atoms with van der Waals surface area (Å²) < 4.78 is 14.0. The summed E-state index contributed by atoms with van der Waals surface area (Å²) in [6.07, 6.45) is -1.65. The zero-order valence-electron chi connectivity index (χ0n) is 18.8. The third-order valence-corrected chi connectivity index (χ3v) is 8.97. The Bertz CT molecular complexity index is 1140. The van der Waals surface area contributed by atoms with Gasteiger partial charge in [0.05, 0.1) is 17.3 Å². The van der Waals surface area contributed by atoms with Crippen molar-refractivity contribution >= 4 is 96.0 Å². The van der Waals surface area contributed by atoms with Crippen LogP contribution in [0.2, 0.25) is 0 Å². The number of hydrogen-bond acceptors (Lipinski definition) is 10. The van der Waals surface area contributed by atoms with Gasteiger partial charge in [-0.3, -0.25) is 4.79 Å². The Hall–Kier alpha value is -1.37. The number of carbonyl (C=O) groups is 3. The van der Waals surface area contributed by atoms with E-state index in [1.54, 1.807) is 13.8 Å². The molecule has 1 aliphatic rings. The number of fused-ring (bicyclic) bond motifs is 1. The molecule has 1 aromatic carbocycles. The fraction of sp³-hybridized carbons (Fsp3) is 0.429. The van der Waals surface area contributed by atoms with Crippen molar-refractivity contribution in [1.29, 1.82) is 0 Å². The minimum Gasteiger partial charge on any atom is -0.467 e. The first-order chi connectivity index (χ1) is 16.4. The lowest BCUT2D eigenvalue weighted by atomic mass is 10.0. The van der Waals surface area contributed by atoms with Gasteiger partial charge in [0.25, 0.3) is 0 Å². The van der Waals surface area contributed by atoms with E-state index in [1.807, 2.05) is 18.2 Å². The van der Waals surface area contributed by atoms with Crippen molar-refractivity contribution in [3.8, 4) is 0 Å². The molecule has 0 saturated carbocycles. The molecule has 0 bridgehead atoms. The number of ether oxygens (including phenoxy) is 3. The number of alkyl halides is 3. The molecule has 1 amide bonds. The average Bonchev–Trinajstić information content (AvgIpc) is 3.23. The molecule has 2 aromatic rings. The number of likely N-dealkylation sites (tertiary alicyclic amines) is 1. The highest BCUT2D eigenvalue weighted by Gasteiger charge is 2.44. The lowest BCUT2D eigenvalue weighted by Gasteiger charge is -2.41. The van der Waals surface area contributed by atoms with E-state index in [4.69, 9.17) is 49.0 Å². The largest absolute Gasteiger partial charge is 0.509 e. The fourth-order valence-corrected chi connectivity index (χ4v) is 6.81. The van der Waals surface area contributed by atoms with Crippen molar-refractivity contribution in [2.75, 3.05) is 20.3 Å². The van der Waals surface area contributed by atoms with Gasteiger partial charge in [0, 0.05) is 11.4 Å². The first-order valence-electron chi connectivity index (χ1n) is 10.1. The highest BCUT2D eigenvalue weighted by atomic mass is 35.6. The molecule has 3 atom stereocenters. The summed E-state index contributed by atoms with van der Waals surface area (Å²) in [5.41, 5.74) is 1.28. The minimum absolute atomic E-state index is 0.151. The fourth-order valence-electron chi connectivity index (χ4n) is 3.09. The molecule has 190 valence electrons. The van der Waals surface area contributed by atoms with Gasteiger partial charge in [-0.05, 0) is 31.6 Å². The SMILES string of the molecule is C=C(C)[C@H](C(=O)OC)N1C[C@H](SSc2cccc3sc(C(C)OC(=O)OCC(Cl)(Cl)Cl)nc23)C1=O. The number of rotatable bonds is 9. The predicted octanol–water partition coefficient (Wildman–Crippen LogP) is 5.95. The molecule has 35 heavy (non-hydrogen) atoms. The summed E-state index contributed by atoms with van der Waals surface area (Å²) in [7, 11) is 4.10. The van der Waals surface area contributed by atoms with Crippen LogP contribution in [0.1, 0.15) is 25.0 Å². The van der Waals surface area contributed by atoms with E-state index in [9.17, 15) is 14.4 Å². The minimum atomic E-state index is -1.73. The number of halogens is 3. The van der Waals surface area contributed by atoms with Crippen LogP contribution in [0.3, 0.4) is 0 Å².